The van der Waals surface area contributed by atoms with Crippen LogP contribution in [0, 0.1) is 13.8 Å². The van der Waals surface area contributed by atoms with Crippen LogP contribution in [0.4, 0.5) is 16.2 Å². The van der Waals surface area contributed by atoms with E-state index in [4.69, 9.17) is 16.3 Å². The summed E-state index contributed by atoms with van der Waals surface area (Å²) >= 11 is 6.16. The van der Waals surface area contributed by atoms with Gasteiger partial charge in [0.15, 0.2) is 6.61 Å². The fourth-order valence-corrected chi connectivity index (χ4v) is 4.14. The molecule has 204 valence electrons. The number of carbonyl (C=O) groups excluding carboxylic acids is 5. The van der Waals surface area contributed by atoms with Crippen LogP contribution in [0.1, 0.15) is 27.0 Å². The summed E-state index contributed by atoms with van der Waals surface area (Å²) in [4.78, 5) is 63.5. The van der Waals surface area contributed by atoms with E-state index in [9.17, 15) is 24.0 Å². The first-order valence-corrected chi connectivity index (χ1v) is 12.3. The summed E-state index contributed by atoms with van der Waals surface area (Å²) < 4.78 is 10.4. The van der Waals surface area contributed by atoms with E-state index >= 15 is 0 Å². The second-order valence-corrected chi connectivity index (χ2v) is 9.27. The molecule has 0 spiro atoms. The van der Waals surface area contributed by atoms with Gasteiger partial charge in [0, 0.05) is 16.3 Å². The maximum Gasteiger partial charge on any atom is 0.337 e. The van der Waals surface area contributed by atoms with Crippen LogP contribution in [0.2, 0.25) is 5.02 Å². The van der Waals surface area contributed by atoms with E-state index in [1.165, 1.54) is 55.7 Å². The highest BCUT2D eigenvalue weighted by Crippen LogP contribution is 2.28. The van der Waals surface area contributed by atoms with Crippen molar-refractivity contribution in [2.75, 3.05) is 23.9 Å². The maximum atomic E-state index is 13.3. The van der Waals surface area contributed by atoms with E-state index in [0.29, 0.717) is 5.69 Å². The van der Waals surface area contributed by atoms with Crippen molar-refractivity contribution < 1.29 is 33.4 Å². The Balaban J connectivity index is 1.57. The lowest BCUT2D eigenvalue weighted by Crippen LogP contribution is -2.54. The van der Waals surface area contributed by atoms with E-state index in [0.717, 1.165) is 16.0 Å². The van der Waals surface area contributed by atoms with E-state index in [-0.39, 0.29) is 39.8 Å². The number of nitrogens with zero attached hydrogens (tertiary/aromatic N) is 1. The zero-order valence-electron chi connectivity index (χ0n) is 21.7. The number of halogens is 1. The average molecular weight is 562 g/mol. The number of barbiturate groups is 1. The van der Waals surface area contributed by atoms with E-state index in [1.807, 2.05) is 26.0 Å². The Morgan fingerprint density at radius 3 is 2.40 bits per heavy atom. The summed E-state index contributed by atoms with van der Waals surface area (Å²) in [6.45, 7) is 3.47. The second-order valence-electron chi connectivity index (χ2n) is 8.83. The van der Waals surface area contributed by atoms with Crippen molar-refractivity contribution in [3.8, 4) is 5.75 Å². The summed E-state index contributed by atoms with van der Waals surface area (Å²) in [7, 11) is 1.23. The number of methoxy groups -OCH3 is 1. The molecule has 0 radical (unpaired) electrons. The van der Waals surface area contributed by atoms with Crippen LogP contribution in [-0.4, -0.2) is 43.4 Å². The summed E-state index contributed by atoms with van der Waals surface area (Å²) in [6.07, 6.45) is 1.23. The molecule has 40 heavy (non-hydrogen) atoms. The number of carbonyl (C=O) groups is 5. The van der Waals surface area contributed by atoms with E-state index < -0.39 is 29.7 Å². The van der Waals surface area contributed by atoms with Gasteiger partial charge in [-0.1, -0.05) is 29.3 Å². The van der Waals surface area contributed by atoms with Gasteiger partial charge >= 0.3 is 12.0 Å². The molecule has 0 aliphatic carbocycles. The van der Waals surface area contributed by atoms with Crippen molar-refractivity contribution in [3.63, 3.8) is 0 Å². The van der Waals surface area contributed by atoms with Gasteiger partial charge in [-0.2, -0.15) is 0 Å². The van der Waals surface area contributed by atoms with Crippen molar-refractivity contribution >= 4 is 58.8 Å². The normalized spacial score (nSPS) is 14.2. The fraction of sp³-hybridized carbons (Fsp3) is 0.138. The topological polar surface area (TPSA) is 131 Å². The predicted octanol–water partition coefficient (Wildman–Crippen LogP) is 4.43. The number of urea groups is 1. The van der Waals surface area contributed by atoms with Gasteiger partial charge in [-0.25, -0.2) is 14.5 Å². The molecule has 0 unspecified atom stereocenters. The number of aryl methyl sites for hydroxylation is 2. The van der Waals surface area contributed by atoms with Gasteiger partial charge in [0.2, 0.25) is 0 Å². The molecule has 4 rings (SSSR count). The number of esters is 1. The molecule has 1 heterocycles. The maximum absolute atomic E-state index is 13.3. The Morgan fingerprint density at radius 1 is 1.00 bits per heavy atom. The molecule has 2 N–H and O–H groups in total. The number of nitrogens with one attached hydrogen (secondary N) is 2. The minimum atomic E-state index is -0.955. The first-order chi connectivity index (χ1) is 19.1. The van der Waals surface area contributed by atoms with Crippen LogP contribution in [0.5, 0.6) is 5.75 Å². The van der Waals surface area contributed by atoms with Gasteiger partial charge in [-0.3, -0.25) is 19.7 Å². The lowest BCUT2D eigenvalue weighted by molar-refractivity contribution is -0.122. The molecular weight excluding hydrogens is 538 g/mol. The highest BCUT2D eigenvalue weighted by atomic mass is 35.5. The molecule has 1 fully saturated rings. The Bertz CT molecular complexity index is 1560. The Labute approximate surface area is 234 Å². The minimum absolute atomic E-state index is 0.124. The number of imide groups is 2. The van der Waals surface area contributed by atoms with Crippen LogP contribution in [0.15, 0.2) is 66.2 Å². The van der Waals surface area contributed by atoms with Crippen LogP contribution in [-0.2, 0) is 19.1 Å². The van der Waals surface area contributed by atoms with Gasteiger partial charge < -0.3 is 14.8 Å². The van der Waals surface area contributed by atoms with Gasteiger partial charge in [-0.05, 0) is 74.0 Å². The SMILES string of the molecule is COC(=O)c1ccc(N2C(=O)NC(=O)/C(=C/c3cc(Cl)ccc3OCC(=O)Nc3ccc(C)cc3C)C2=O)cc1. The van der Waals surface area contributed by atoms with Gasteiger partial charge in [0.1, 0.15) is 11.3 Å². The third kappa shape index (κ3) is 6.19. The molecule has 0 aromatic heterocycles. The average Bonchev–Trinajstić information content (AvgIpc) is 2.92. The first kappa shape index (κ1) is 28.1. The molecule has 1 aliphatic rings. The Hall–Kier alpha value is -4.96. The van der Waals surface area contributed by atoms with E-state index in [1.54, 1.807) is 6.07 Å². The van der Waals surface area contributed by atoms with Crippen LogP contribution in [0.25, 0.3) is 6.08 Å². The van der Waals surface area contributed by atoms with Gasteiger partial charge in [0.25, 0.3) is 17.7 Å². The number of anilines is 2. The molecule has 11 heteroatoms. The van der Waals surface area contributed by atoms with E-state index in [2.05, 4.69) is 15.4 Å². The molecule has 3 aromatic carbocycles. The molecule has 0 atom stereocenters. The predicted molar refractivity (Wildman–Crippen MR) is 148 cm³/mol. The molecular formula is C29H24ClN3O7. The second kappa shape index (κ2) is 11.8. The zero-order chi connectivity index (χ0) is 29.0. The number of benzene rings is 3. The number of ether oxygens (including phenoxy) is 2. The molecule has 1 aliphatic heterocycles. The molecule has 0 bridgehead atoms. The van der Waals surface area contributed by atoms with Crippen molar-refractivity contribution in [1.82, 2.24) is 5.32 Å². The summed E-state index contributed by atoms with van der Waals surface area (Å²) in [6, 6.07) is 14.7. The summed E-state index contributed by atoms with van der Waals surface area (Å²) in [5, 5.41) is 5.19. The lowest BCUT2D eigenvalue weighted by Gasteiger charge is -2.26. The van der Waals surface area contributed by atoms with Crippen LogP contribution in [0.3, 0.4) is 0 Å². The smallest absolute Gasteiger partial charge is 0.337 e. The third-order valence-corrected chi connectivity index (χ3v) is 6.17. The fourth-order valence-electron chi connectivity index (χ4n) is 3.96. The number of amides is 5. The molecule has 1 saturated heterocycles. The molecule has 3 aromatic rings. The monoisotopic (exact) mass is 561 g/mol. The standard InChI is InChI=1S/C29H24ClN3O7/c1-16-4-10-23(17(2)12-16)31-25(34)15-40-24-11-7-20(30)13-19(24)14-22-26(35)32-29(38)33(27(22)36)21-8-5-18(6-9-21)28(37)39-3/h4-14H,15H2,1-3H3,(H,31,34)(H,32,35,38)/b22-14-. The molecule has 10 nitrogen and oxygen atoms in total. The number of hydrogen-bond donors (Lipinski definition) is 2. The largest absolute Gasteiger partial charge is 0.483 e. The van der Waals surface area contributed by atoms with Crippen molar-refractivity contribution in [2.24, 2.45) is 0 Å². The van der Waals surface area contributed by atoms with Crippen molar-refractivity contribution in [3.05, 3.63) is 93.5 Å². The Kier molecular flexibility index (Phi) is 8.30. The summed E-state index contributed by atoms with van der Waals surface area (Å²) in [5.74, 6) is -2.65. The minimum Gasteiger partial charge on any atom is -0.483 e. The summed E-state index contributed by atoms with van der Waals surface area (Å²) in [5.41, 5.74) is 2.80. The Morgan fingerprint density at radius 2 is 1.73 bits per heavy atom. The van der Waals surface area contributed by atoms with Crippen molar-refractivity contribution in [1.29, 1.82) is 0 Å². The number of rotatable bonds is 7. The number of hydrogen-bond acceptors (Lipinski definition) is 7. The third-order valence-electron chi connectivity index (χ3n) is 5.93. The van der Waals surface area contributed by atoms with Gasteiger partial charge in [-0.15, -0.1) is 0 Å². The first-order valence-electron chi connectivity index (χ1n) is 12.0. The molecule has 5 amide bonds. The highest BCUT2D eigenvalue weighted by molar-refractivity contribution is 6.39. The van der Waals surface area contributed by atoms with Crippen molar-refractivity contribution in [2.45, 2.75) is 13.8 Å². The quantitative estimate of drug-likeness (QED) is 0.248. The zero-order valence-corrected chi connectivity index (χ0v) is 22.5. The van der Waals surface area contributed by atoms with Gasteiger partial charge in [0.05, 0.1) is 18.4 Å². The highest BCUT2D eigenvalue weighted by Gasteiger charge is 2.37. The molecule has 0 saturated carbocycles. The van der Waals surface area contributed by atoms with Crippen LogP contribution < -0.4 is 20.3 Å². The van der Waals surface area contributed by atoms with Crippen LogP contribution >= 0.6 is 11.6 Å². The lowest BCUT2D eigenvalue weighted by atomic mass is 10.1.